The largest absolute Gasteiger partial charge is 0.490 e. The molecule has 28 heavy (non-hydrogen) atoms. The maximum Gasteiger partial charge on any atom is 0.343 e. The predicted molar refractivity (Wildman–Crippen MR) is 115 cm³/mol. The zero-order valence-corrected chi connectivity index (χ0v) is 17.4. The number of para-hydroxylation sites is 1. The quantitative estimate of drug-likeness (QED) is 0.209. The molecule has 0 spiro atoms. The fourth-order valence-electron chi connectivity index (χ4n) is 3.25. The van der Waals surface area contributed by atoms with E-state index in [4.69, 9.17) is 9.47 Å². The summed E-state index contributed by atoms with van der Waals surface area (Å²) >= 11 is 0. The predicted octanol–water partition coefficient (Wildman–Crippen LogP) is 7.20. The zero-order chi connectivity index (χ0) is 20.0. The summed E-state index contributed by atoms with van der Waals surface area (Å²) in [6, 6.07) is 16.4. The van der Waals surface area contributed by atoms with Crippen LogP contribution in [0.2, 0.25) is 0 Å². The molecule has 152 valence electrons. The third-order valence-electron chi connectivity index (χ3n) is 4.84. The van der Waals surface area contributed by atoms with Gasteiger partial charge in [-0.1, -0.05) is 70.6 Å². The van der Waals surface area contributed by atoms with Gasteiger partial charge in [0.2, 0.25) is 0 Å². The van der Waals surface area contributed by atoms with E-state index < -0.39 is 0 Å². The van der Waals surface area contributed by atoms with Gasteiger partial charge < -0.3 is 9.47 Å². The van der Waals surface area contributed by atoms with Gasteiger partial charge in [-0.3, -0.25) is 0 Å². The van der Waals surface area contributed by atoms with Gasteiger partial charge >= 0.3 is 5.97 Å². The Hall–Kier alpha value is -2.29. The van der Waals surface area contributed by atoms with E-state index in [0.29, 0.717) is 11.3 Å². The number of hydrogen-bond acceptors (Lipinski definition) is 3. The Labute approximate surface area is 170 Å². The Morgan fingerprint density at radius 3 is 2.11 bits per heavy atom. The van der Waals surface area contributed by atoms with Crippen molar-refractivity contribution in [2.45, 2.75) is 77.7 Å². The van der Waals surface area contributed by atoms with Gasteiger partial charge in [-0.15, -0.1) is 0 Å². The van der Waals surface area contributed by atoms with Crippen molar-refractivity contribution >= 4 is 5.97 Å². The Morgan fingerprint density at radius 2 is 1.43 bits per heavy atom. The van der Waals surface area contributed by atoms with E-state index in [1.165, 1.54) is 38.5 Å². The maximum absolute atomic E-state index is 12.2. The number of carbonyl (C=O) groups is 1. The number of esters is 1. The van der Waals surface area contributed by atoms with Crippen LogP contribution in [0.5, 0.6) is 11.5 Å². The number of ether oxygens (including phenoxy) is 2. The van der Waals surface area contributed by atoms with Crippen molar-refractivity contribution in [2.75, 3.05) is 0 Å². The molecule has 0 bridgehead atoms. The molecule has 0 amide bonds. The molecule has 0 aromatic heterocycles. The van der Waals surface area contributed by atoms with Gasteiger partial charge in [0.15, 0.2) is 0 Å². The fraction of sp³-hybridized carbons (Fsp3) is 0.480. The molecule has 0 fully saturated rings. The van der Waals surface area contributed by atoms with E-state index in [1.807, 2.05) is 30.3 Å². The maximum atomic E-state index is 12.2. The fourth-order valence-corrected chi connectivity index (χ4v) is 3.25. The summed E-state index contributed by atoms with van der Waals surface area (Å²) in [4.78, 5) is 12.2. The first kappa shape index (κ1) is 22.0. The summed E-state index contributed by atoms with van der Waals surface area (Å²) in [5, 5.41) is 0. The molecular formula is C25H34O3. The van der Waals surface area contributed by atoms with Crippen molar-refractivity contribution < 1.29 is 14.3 Å². The lowest BCUT2D eigenvalue weighted by molar-refractivity contribution is 0.0734. The third kappa shape index (κ3) is 8.16. The van der Waals surface area contributed by atoms with E-state index in [0.717, 1.165) is 25.0 Å². The second-order valence-electron chi connectivity index (χ2n) is 7.31. The molecule has 0 heterocycles. The highest BCUT2D eigenvalue weighted by molar-refractivity contribution is 5.91. The lowest BCUT2D eigenvalue weighted by atomic mass is 10.0. The minimum atomic E-state index is -0.352. The number of rotatable bonds is 13. The van der Waals surface area contributed by atoms with Crippen LogP contribution in [0.15, 0.2) is 54.6 Å². The van der Waals surface area contributed by atoms with Crippen molar-refractivity contribution in [1.29, 1.82) is 0 Å². The molecule has 1 atom stereocenters. The van der Waals surface area contributed by atoms with Gasteiger partial charge in [0.25, 0.3) is 0 Å². The highest BCUT2D eigenvalue weighted by atomic mass is 16.5. The van der Waals surface area contributed by atoms with Gasteiger partial charge in [0.05, 0.1) is 11.7 Å². The molecule has 0 aliphatic carbocycles. The highest BCUT2D eigenvalue weighted by Gasteiger charge is 2.12. The Bertz CT molecular complexity index is 664. The molecule has 2 aromatic rings. The number of benzene rings is 2. The van der Waals surface area contributed by atoms with Gasteiger partial charge in [-0.25, -0.2) is 4.79 Å². The Morgan fingerprint density at radius 1 is 0.750 bits per heavy atom. The molecule has 2 rings (SSSR count). The number of carbonyl (C=O) groups excluding carboxylic acids is 1. The van der Waals surface area contributed by atoms with Crippen LogP contribution in [0.1, 0.15) is 82.0 Å². The van der Waals surface area contributed by atoms with Crippen molar-refractivity contribution in [1.82, 2.24) is 0 Å². The topological polar surface area (TPSA) is 35.5 Å². The lowest BCUT2D eigenvalue weighted by Gasteiger charge is -2.19. The van der Waals surface area contributed by atoms with Crippen LogP contribution in [0.25, 0.3) is 0 Å². The molecule has 0 N–H and O–H groups in total. The number of unbranched alkanes of at least 4 members (excludes halogenated alkanes) is 5. The van der Waals surface area contributed by atoms with E-state index in [-0.39, 0.29) is 12.1 Å². The molecule has 2 aromatic carbocycles. The van der Waals surface area contributed by atoms with E-state index in [2.05, 4.69) is 13.8 Å². The van der Waals surface area contributed by atoms with Crippen LogP contribution in [0, 0.1) is 0 Å². The Kier molecular flexibility index (Phi) is 10.2. The Balaban J connectivity index is 1.82. The van der Waals surface area contributed by atoms with Gasteiger partial charge in [0, 0.05) is 0 Å². The molecule has 0 saturated carbocycles. The molecule has 3 nitrogen and oxygen atoms in total. The van der Waals surface area contributed by atoms with E-state index in [1.54, 1.807) is 24.3 Å². The van der Waals surface area contributed by atoms with Crippen LogP contribution < -0.4 is 9.47 Å². The lowest BCUT2D eigenvalue weighted by Crippen LogP contribution is -2.16. The second kappa shape index (κ2) is 13.0. The first-order chi connectivity index (χ1) is 13.7. The molecule has 0 aliphatic rings. The van der Waals surface area contributed by atoms with Gasteiger partial charge in [-0.05, 0) is 55.7 Å². The van der Waals surface area contributed by atoms with Crippen molar-refractivity contribution in [3.05, 3.63) is 60.2 Å². The first-order valence-electron chi connectivity index (χ1n) is 10.8. The van der Waals surface area contributed by atoms with Gasteiger partial charge in [0.1, 0.15) is 11.5 Å². The average molecular weight is 383 g/mol. The minimum absolute atomic E-state index is 0.248. The summed E-state index contributed by atoms with van der Waals surface area (Å²) in [5.41, 5.74) is 0.527. The summed E-state index contributed by atoms with van der Waals surface area (Å²) < 4.78 is 11.6. The minimum Gasteiger partial charge on any atom is -0.490 e. The van der Waals surface area contributed by atoms with Crippen molar-refractivity contribution in [3.8, 4) is 11.5 Å². The van der Waals surface area contributed by atoms with Crippen molar-refractivity contribution in [2.24, 2.45) is 0 Å². The van der Waals surface area contributed by atoms with Crippen LogP contribution in [-0.2, 0) is 0 Å². The highest BCUT2D eigenvalue weighted by Crippen LogP contribution is 2.20. The SMILES string of the molecule is CCCCCCCCC(CCC)Oc1ccc(C(=O)Oc2ccccc2)cc1. The molecular weight excluding hydrogens is 348 g/mol. The average Bonchev–Trinajstić information content (AvgIpc) is 2.72. The van der Waals surface area contributed by atoms with E-state index in [9.17, 15) is 4.79 Å². The van der Waals surface area contributed by atoms with E-state index >= 15 is 0 Å². The smallest absolute Gasteiger partial charge is 0.343 e. The summed E-state index contributed by atoms with van der Waals surface area (Å²) in [7, 11) is 0. The third-order valence-corrected chi connectivity index (χ3v) is 4.84. The monoisotopic (exact) mass is 382 g/mol. The normalized spacial score (nSPS) is 11.8. The molecule has 0 aliphatic heterocycles. The van der Waals surface area contributed by atoms with Crippen LogP contribution in [-0.4, -0.2) is 12.1 Å². The van der Waals surface area contributed by atoms with Crippen LogP contribution in [0.3, 0.4) is 0 Å². The summed E-state index contributed by atoms with van der Waals surface area (Å²) in [5.74, 6) is 1.02. The second-order valence-corrected chi connectivity index (χ2v) is 7.31. The summed E-state index contributed by atoms with van der Waals surface area (Å²) in [6.07, 6.45) is 11.3. The van der Waals surface area contributed by atoms with Gasteiger partial charge in [-0.2, -0.15) is 0 Å². The van der Waals surface area contributed by atoms with Crippen molar-refractivity contribution in [3.63, 3.8) is 0 Å². The first-order valence-corrected chi connectivity index (χ1v) is 10.8. The molecule has 1 unspecified atom stereocenters. The standard InChI is InChI=1S/C25H34O3/c1-3-5-6-7-8-10-14-22(13-4-2)27-24-19-17-21(18-20-24)25(26)28-23-15-11-9-12-16-23/h9,11-12,15-20,22H,3-8,10,13-14H2,1-2H3. The molecule has 3 heteroatoms. The van der Waals surface area contributed by atoms with Crippen LogP contribution >= 0.6 is 0 Å². The summed E-state index contributed by atoms with van der Waals surface area (Å²) in [6.45, 7) is 4.44. The number of hydrogen-bond donors (Lipinski definition) is 0. The molecule has 0 radical (unpaired) electrons. The van der Waals surface area contributed by atoms with Crippen LogP contribution in [0.4, 0.5) is 0 Å². The molecule has 0 saturated heterocycles. The zero-order valence-electron chi connectivity index (χ0n) is 17.4.